The maximum absolute atomic E-state index is 10.3. The van der Waals surface area contributed by atoms with Gasteiger partial charge in [-0.05, 0) is 49.1 Å². The lowest BCUT2D eigenvalue weighted by Gasteiger charge is -2.13. The quantitative estimate of drug-likeness (QED) is 0.363. The molecule has 26 heavy (non-hydrogen) atoms. The standard InChI is InChI=1S/C18H25Cl2N5O/c1-3-21-18(22-6-4-5-13-10-24-25(2)12-13)23-11-17(26)14-7-15(19)9-16(20)8-14/h7-10,12,17,26H,3-6,11H2,1-2H3,(H2,21,22,23). The fourth-order valence-corrected chi connectivity index (χ4v) is 3.04. The third-order valence-electron chi connectivity index (χ3n) is 3.73. The summed E-state index contributed by atoms with van der Waals surface area (Å²) in [5.74, 6) is 0.672. The van der Waals surface area contributed by atoms with Crippen LogP contribution in [0.3, 0.4) is 0 Å². The Morgan fingerprint density at radius 2 is 2.00 bits per heavy atom. The molecule has 0 bridgehead atoms. The SMILES string of the molecule is CCNC(=NCC(O)c1cc(Cl)cc(Cl)c1)NCCCc1cnn(C)c1. The van der Waals surface area contributed by atoms with E-state index in [0.717, 1.165) is 25.9 Å². The first-order valence-corrected chi connectivity index (χ1v) is 9.37. The van der Waals surface area contributed by atoms with Crippen LogP contribution in [0, 0.1) is 0 Å². The van der Waals surface area contributed by atoms with Crippen LogP contribution in [0.4, 0.5) is 0 Å². The first-order valence-electron chi connectivity index (χ1n) is 8.61. The molecule has 0 amide bonds. The number of aliphatic hydroxyl groups excluding tert-OH is 1. The Hall–Kier alpha value is -1.76. The summed E-state index contributed by atoms with van der Waals surface area (Å²) in [6.07, 6.45) is 5.04. The molecule has 1 atom stereocenters. The van der Waals surface area contributed by atoms with Crippen molar-refractivity contribution in [1.82, 2.24) is 20.4 Å². The summed E-state index contributed by atoms with van der Waals surface area (Å²) in [5.41, 5.74) is 1.86. The molecule has 1 unspecified atom stereocenters. The topological polar surface area (TPSA) is 74.5 Å². The molecule has 2 aromatic rings. The summed E-state index contributed by atoms with van der Waals surface area (Å²) in [6, 6.07) is 5.03. The van der Waals surface area contributed by atoms with Crippen molar-refractivity contribution >= 4 is 29.2 Å². The Bertz CT molecular complexity index is 712. The van der Waals surface area contributed by atoms with E-state index in [9.17, 15) is 5.11 Å². The van der Waals surface area contributed by atoms with Crippen molar-refractivity contribution in [3.63, 3.8) is 0 Å². The Balaban J connectivity index is 1.84. The summed E-state index contributed by atoms with van der Waals surface area (Å²) in [6.45, 7) is 3.74. The lowest BCUT2D eigenvalue weighted by Crippen LogP contribution is -2.38. The molecule has 0 saturated heterocycles. The molecule has 0 spiro atoms. The average molecular weight is 398 g/mol. The van der Waals surface area contributed by atoms with Crippen LogP contribution >= 0.6 is 23.2 Å². The van der Waals surface area contributed by atoms with E-state index in [4.69, 9.17) is 23.2 Å². The summed E-state index contributed by atoms with van der Waals surface area (Å²) in [4.78, 5) is 4.44. The number of aromatic nitrogens is 2. The zero-order valence-electron chi connectivity index (χ0n) is 15.0. The number of rotatable bonds is 8. The van der Waals surface area contributed by atoms with Crippen LogP contribution < -0.4 is 10.6 Å². The summed E-state index contributed by atoms with van der Waals surface area (Å²) in [5, 5.41) is 21.9. The highest BCUT2D eigenvalue weighted by atomic mass is 35.5. The van der Waals surface area contributed by atoms with Gasteiger partial charge >= 0.3 is 0 Å². The van der Waals surface area contributed by atoms with Crippen molar-refractivity contribution in [2.45, 2.75) is 25.9 Å². The molecular formula is C18H25Cl2N5O. The van der Waals surface area contributed by atoms with E-state index in [0.29, 0.717) is 21.6 Å². The molecule has 3 N–H and O–H groups in total. The monoisotopic (exact) mass is 397 g/mol. The van der Waals surface area contributed by atoms with Crippen molar-refractivity contribution in [3.05, 3.63) is 51.8 Å². The average Bonchev–Trinajstić information content (AvgIpc) is 3.00. The molecule has 1 aromatic heterocycles. The van der Waals surface area contributed by atoms with Crippen LogP contribution in [-0.4, -0.2) is 40.5 Å². The third kappa shape index (κ3) is 6.86. The lowest BCUT2D eigenvalue weighted by molar-refractivity contribution is 0.187. The van der Waals surface area contributed by atoms with Crippen molar-refractivity contribution in [1.29, 1.82) is 0 Å². The van der Waals surface area contributed by atoms with E-state index in [2.05, 4.69) is 20.7 Å². The van der Waals surface area contributed by atoms with Crippen LogP contribution in [0.2, 0.25) is 10.0 Å². The number of nitrogens with zero attached hydrogens (tertiary/aromatic N) is 3. The number of hydrogen-bond donors (Lipinski definition) is 3. The molecule has 1 aromatic carbocycles. The fraction of sp³-hybridized carbons (Fsp3) is 0.444. The predicted octanol–water partition coefficient (Wildman–Crippen LogP) is 2.95. The van der Waals surface area contributed by atoms with Crippen molar-refractivity contribution in [2.24, 2.45) is 12.0 Å². The molecule has 0 aliphatic rings. The van der Waals surface area contributed by atoms with E-state index in [-0.39, 0.29) is 6.54 Å². The van der Waals surface area contributed by atoms with Gasteiger partial charge in [0.25, 0.3) is 0 Å². The maximum Gasteiger partial charge on any atom is 0.191 e. The summed E-state index contributed by atoms with van der Waals surface area (Å²) >= 11 is 12.0. The second-order valence-electron chi connectivity index (χ2n) is 5.99. The van der Waals surface area contributed by atoms with Crippen LogP contribution in [0.5, 0.6) is 0 Å². The van der Waals surface area contributed by atoms with Crippen LogP contribution in [0.15, 0.2) is 35.6 Å². The van der Waals surface area contributed by atoms with Gasteiger partial charge in [0.1, 0.15) is 0 Å². The number of aliphatic hydroxyl groups is 1. The first kappa shape index (κ1) is 20.6. The molecule has 0 fully saturated rings. The maximum atomic E-state index is 10.3. The van der Waals surface area contributed by atoms with E-state index in [1.165, 1.54) is 5.56 Å². The molecular weight excluding hydrogens is 373 g/mol. The van der Waals surface area contributed by atoms with E-state index < -0.39 is 6.10 Å². The van der Waals surface area contributed by atoms with Gasteiger partial charge in [-0.25, -0.2) is 0 Å². The number of aliphatic imine (C=N–C) groups is 1. The summed E-state index contributed by atoms with van der Waals surface area (Å²) < 4.78 is 1.80. The highest BCUT2D eigenvalue weighted by Crippen LogP contribution is 2.23. The molecule has 6 nitrogen and oxygen atoms in total. The van der Waals surface area contributed by atoms with Crippen LogP contribution in [0.25, 0.3) is 0 Å². The highest BCUT2D eigenvalue weighted by molar-refractivity contribution is 6.34. The second kappa shape index (κ2) is 10.4. The Labute approximate surface area is 164 Å². The van der Waals surface area contributed by atoms with Gasteiger partial charge in [0.15, 0.2) is 5.96 Å². The van der Waals surface area contributed by atoms with Gasteiger partial charge < -0.3 is 15.7 Å². The van der Waals surface area contributed by atoms with Crippen LogP contribution in [0.1, 0.15) is 30.6 Å². The van der Waals surface area contributed by atoms with Crippen molar-refractivity contribution in [3.8, 4) is 0 Å². The largest absolute Gasteiger partial charge is 0.386 e. The van der Waals surface area contributed by atoms with Crippen molar-refractivity contribution < 1.29 is 5.11 Å². The Morgan fingerprint density at radius 1 is 1.27 bits per heavy atom. The summed E-state index contributed by atoms with van der Waals surface area (Å²) in [7, 11) is 1.91. The molecule has 1 heterocycles. The van der Waals surface area contributed by atoms with Gasteiger partial charge in [-0.3, -0.25) is 9.67 Å². The van der Waals surface area contributed by atoms with E-state index >= 15 is 0 Å². The first-order chi connectivity index (χ1) is 12.5. The number of hydrogen-bond acceptors (Lipinski definition) is 3. The van der Waals surface area contributed by atoms with Gasteiger partial charge in [0.2, 0.25) is 0 Å². The minimum absolute atomic E-state index is 0.217. The Morgan fingerprint density at radius 3 is 2.62 bits per heavy atom. The van der Waals surface area contributed by atoms with Crippen molar-refractivity contribution in [2.75, 3.05) is 19.6 Å². The van der Waals surface area contributed by atoms with Gasteiger partial charge in [0, 0.05) is 36.4 Å². The zero-order valence-corrected chi connectivity index (χ0v) is 16.6. The molecule has 142 valence electrons. The number of guanidine groups is 1. The number of aryl methyl sites for hydroxylation is 2. The number of nitrogens with one attached hydrogen (secondary N) is 2. The zero-order chi connectivity index (χ0) is 18.9. The number of benzene rings is 1. The van der Waals surface area contributed by atoms with Gasteiger partial charge in [-0.2, -0.15) is 5.10 Å². The van der Waals surface area contributed by atoms with Crippen LogP contribution in [-0.2, 0) is 13.5 Å². The predicted molar refractivity (Wildman–Crippen MR) is 107 cm³/mol. The molecule has 0 saturated carbocycles. The molecule has 8 heteroatoms. The van der Waals surface area contributed by atoms with Gasteiger partial charge in [0.05, 0.1) is 18.8 Å². The van der Waals surface area contributed by atoms with E-state index in [1.54, 1.807) is 22.9 Å². The third-order valence-corrected chi connectivity index (χ3v) is 4.17. The number of halogens is 2. The molecule has 0 aliphatic carbocycles. The second-order valence-corrected chi connectivity index (χ2v) is 6.86. The lowest BCUT2D eigenvalue weighted by atomic mass is 10.1. The fourth-order valence-electron chi connectivity index (χ4n) is 2.49. The van der Waals surface area contributed by atoms with Gasteiger partial charge in [-0.1, -0.05) is 23.2 Å². The Kier molecular flexibility index (Phi) is 8.22. The highest BCUT2D eigenvalue weighted by Gasteiger charge is 2.09. The minimum Gasteiger partial charge on any atom is -0.386 e. The van der Waals surface area contributed by atoms with E-state index in [1.807, 2.05) is 26.4 Å². The molecule has 0 aliphatic heterocycles. The smallest absolute Gasteiger partial charge is 0.191 e. The minimum atomic E-state index is -0.767. The normalized spacial score (nSPS) is 12.9. The molecule has 2 rings (SSSR count). The molecule has 0 radical (unpaired) electrons. The van der Waals surface area contributed by atoms with Gasteiger partial charge in [-0.15, -0.1) is 0 Å².